The fourth-order valence-electron chi connectivity index (χ4n) is 2.33. The molecule has 1 aliphatic rings. The van der Waals surface area contributed by atoms with Gasteiger partial charge in [0.05, 0.1) is 13.7 Å². The van der Waals surface area contributed by atoms with E-state index in [1.165, 1.54) is 0 Å². The van der Waals surface area contributed by atoms with Gasteiger partial charge in [-0.1, -0.05) is 23.7 Å². The summed E-state index contributed by atoms with van der Waals surface area (Å²) in [5.74, 6) is 0. The van der Waals surface area contributed by atoms with E-state index in [2.05, 4.69) is 5.10 Å². The molecule has 1 saturated heterocycles. The molecule has 3 aromatic rings. The van der Waals surface area contributed by atoms with Crippen LogP contribution in [-0.2, 0) is 6.50 Å². The number of hydrogen-bond donors (Lipinski definition) is 0. The van der Waals surface area contributed by atoms with E-state index in [-0.39, 0.29) is 5.69 Å². The molecule has 1 aliphatic heterocycles. The summed E-state index contributed by atoms with van der Waals surface area (Å²) in [5, 5.41) is 3.32. The number of pyridine rings is 1. The Labute approximate surface area is 176 Å². The van der Waals surface area contributed by atoms with Gasteiger partial charge in [0, 0.05) is 61.5 Å². The maximum Gasteiger partial charge on any atom is 0.350 e. The lowest BCUT2D eigenvalue weighted by Gasteiger charge is -2.36. The van der Waals surface area contributed by atoms with Crippen LogP contribution in [-0.4, -0.2) is 51.7 Å². The van der Waals surface area contributed by atoms with Crippen molar-refractivity contribution in [2.45, 2.75) is 12.9 Å². The zero-order valence-corrected chi connectivity index (χ0v) is 14.1. The molecule has 0 radical (unpaired) electrons. The Bertz CT molecular complexity index is 1540. The number of aromatic nitrogens is 3. The van der Waals surface area contributed by atoms with Gasteiger partial charge in [-0.25, -0.2) is 9.48 Å². The van der Waals surface area contributed by atoms with E-state index in [4.69, 9.17) is 30.8 Å². The molecule has 0 amide bonds. The number of anilines is 1. The molecule has 26 heavy (non-hydrogen) atoms. The van der Waals surface area contributed by atoms with Gasteiger partial charge >= 0.3 is 5.69 Å². The Morgan fingerprint density at radius 2 is 2.08 bits per heavy atom. The third kappa shape index (κ3) is 3.61. The van der Waals surface area contributed by atoms with Gasteiger partial charge in [-0.2, -0.15) is 0 Å². The first-order valence-electron chi connectivity index (χ1n) is 14.6. The molecule has 0 aliphatic carbocycles. The van der Waals surface area contributed by atoms with E-state index < -0.39 is 110 Å². The molecular formula is C19H22ClN5O. The smallest absolute Gasteiger partial charge is 0.350 e. The number of halogens is 1. The fourth-order valence-corrected chi connectivity index (χ4v) is 2.47. The minimum Gasteiger partial charge on any atom is -0.369 e. The predicted molar refractivity (Wildman–Crippen MR) is 104 cm³/mol. The molecule has 0 saturated carbocycles. The van der Waals surface area contributed by atoms with Crippen LogP contribution in [0.2, 0.25) is 5.02 Å². The molecule has 2 aromatic heterocycles. The molecule has 0 N–H and O–H groups in total. The van der Waals surface area contributed by atoms with Crippen LogP contribution in [0, 0.1) is 0 Å². The summed E-state index contributed by atoms with van der Waals surface area (Å²) in [5.41, 5.74) is -2.03. The molecule has 0 atom stereocenters. The van der Waals surface area contributed by atoms with E-state index in [0.29, 0.717) is 9.08 Å². The molecule has 6 nitrogen and oxygen atoms in total. The van der Waals surface area contributed by atoms with Crippen molar-refractivity contribution in [3.05, 3.63) is 64.0 Å². The highest BCUT2D eigenvalue weighted by molar-refractivity contribution is 6.30. The van der Waals surface area contributed by atoms with E-state index in [0.717, 1.165) is 9.80 Å². The topological polar surface area (TPSA) is 45.8 Å². The first-order chi connectivity index (χ1) is 18.2. The number of nitrogens with zero attached hydrogens (tertiary/aromatic N) is 5. The van der Waals surface area contributed by atoms with Crippen LogP contribution < -0.4 is 10.6 Å². The summed E-state index contributed by atoms with van der Waals surface area (Å²) in [7, 11) is 0. The highest BCUT2D eigenvalue weighted by Gasteiger charge is 2.17. The first-order valence-corrected chi connectivity index (χ1v) is 7.99. The Kier molecular flexibility index (Phi) is 2.13. The Balaban J connectivity index is 1.66. The lowest BCUT2D eigenvalue weighted by atomic mass is 10.2. The van der Waals surface area contributed by atoms with Gasteiger partial charge in [0.25, 0.3) is 0 Å². The largest absolute Gasteiger partial charge is 0.369 e. The summed E-state index contributed by atoms with van der Waals surface area (Å²) in [6.45, 7) is -9.49. The van der Waals surface area contributed by atoms with Crippen molar-refractivity contribution in [3.8, 4) is 0 Å². The van der Waals surface area contributed by atoms with Gasteiger partial charge in [-0.3, -0.25) is 9.30 Å². The van der Waals surface area contributed by atoms with Crippen molar-refractivity contribution in [3.63, 3.8) is 0 Å². The van der Waals surface area contributed by atoms with Gasteiger partial charge in [-0.15, -0.1) is 5.10 Å². The second kappa shape index (κ2) is 7.51. The Morgan fingerprint density at radius 1 is 1.23 bits per heavy atom. The minimum absolute atomic E-state index is 0.315. The standard InChI is InChI=1S/C19H22ClN5O/c20-16-5-3-6-17(15-16)23-13-11-22(12-14-23)8-4-10-25-19(26)24-9-2-1-7-18(24)21-25/h1-3,5-7,9,15H,4,8,10-14H2/i1D,2D,3D,5D,6D,7D,9D,10D2,11D2,12D2,15D. The molecule has 136 valence electrons. The van der Waals surface area contributed by atoms with Crippen LogP contribution in [0.5, 0.6) is 0 Å². The Morgan fingerprint density at radius 3 is 2.92 bits per heavy atom. The van der Waals surface area contributed by atoms with Crippen molar-refractivity contribution in [1.82, 2.24) is 19.1 Å². The average Bonchev–Trinajstić information content (AvgIpc) is 3.20. The summed E-state index contributed by atoms with van der Waals surface area (Å²) in [6.07, 6.45) is -1.44. The molecule has 7 heteroatoms. The fraction of sp³-hybridized carbons (Fsp3) is 0.368. The number of fused-ring (bicyclic) bond motifs is 1. The van der Waals surface area contributed by atoms with Crippen LogP contribution in [0.15, 0.2) is 53.3 Å². The SMILES string of the molecule is [2H]c1c([2H])c(Cl)c([2H])c(N2CC([2H])([2H])N(CCC([2H])([2H])n3nc4c([2H])c([2H])c([2H])c([2H])n4c3=O)C([2H])([2H])C2)c1[2H]. The number of benzene rings is 1. The molecule has 1 aromatic carbocycles. The monoisotopic (exact) mass is 385 g/mol. The van der Waals surface area contributed by atoms with E-state index >= 15 is 0 Å². The lowest BCUT2D eigenvalue weighted by molar-refractivity contribution is 0.248. The maximum atomic E-state index is 12.9. The molecule has 0 bridgehead atoms. The van der Waals surface area contributed by atoms with Crippen molar-refractivity contribution in [2.24, 2.45) is 0 Å². The van der Waals surface area contributed by atoms with Crippen LogP contribution >= 0.6 is 11.6 Å². The third-order valence-corrected chi connectivity index (χ3v) is 3.77. The maximum absolute atomic E-state index is 12.9. The molecule has 1 fully saturated rings. The average molecular weight is 386 g/mol. The van der Waals surface area contributed by atoms with Crippen LogP contribution in [0.4, 0.5) is 5.69 Å². The molecule has 4 rings (SSSR count). The minimum atomic E-state index is -2.67. The molecule has 0 spiro atoms. The quantitative estimate of drug-likeness (QED) is 0.676. The number of rotatable bonds is 5. The van der Waals surface area contributed by atoms with Crippen molar-refractivity contribution < 1.29 is 19.2 Å². The highest BCUT2D eigenvalue weighted by atomic mass is 35.5. The number of hydrogen-bond acceptors (Lipinski definition) is 4. The summed E-state index contributed by atoms with van der Waals surface area (Å²) in [6, 6.07) is -4.32. The normalized spacial score (nSPS) is 27.8. The van der Waals surface area contributed by atoms with E-state index in [9.17, 15) is 4.79 Å². The van der Waals surface area contributed by atoms with Crippen LogP contribution in [0.25, 0.3) is 5.65 Å². The summed E-state index contributed by atoms with van der Waals surface area (Å²) < 4.78 is 115. The predicted octanol–water partition coefficient (Wildman–Crippen LogP) is 2.36. The van der Waals surface area contributed by atoms with Crippen molar-refractivity contribution in [1.29, 1.82) is 0 Å². The van der Waals surface area contributed by atoms with Gasteiger partial charge < -0.3 is 4.90 Å². The van der Waals surface area contributed by atoms with Crippen molar-refractivity contribution in [2.75, 3.05) is 37.5 Å². The second-order valence-electron chi connectivity index (χ2n) is 5.23. The Hall–Kier alpha value is -2.31. The number of piperazine rings is 1. The first kappa shape index (κ1) is 7.37. The summed E-state index contributed by atoms with van der Waals surface area (Å²) >= 11 is 5.96. The van der Waals surface area contributed by atoms with E-state index in [1.807, 2.05) is 0 Å². The molecule has 0 unspecified atom stereocenters. The van der Waals surface area contributed by atoms with Gasteiger partial charge in [-0.05, 0) is 36.6 Å². The van der Waals surface area contributed by atoms with Crippen LogP contribution in [0.1, 0.15) is 25.6 Å². The highest BCUT2D eigenvalue weighted by Crippen LogP contribution is 2.20. The van der Waals surface area contributed by atoms with Gasteiger partial charge in [0.2, 0.25) is 0 Å². The van der Waals surface area contributed by atoms with Gasteiger partial charge in [0.15, 0.2) is 5.65 Å². The van der Waals surface area contributed by atoms with Crippen molar-refractivity contribution >= 4 is 22.9 Å². The third-order valence-electron chi connectivity index (χ3n) is 3.58. The zero-order valence-electron chi connectivity index (χ0n) is 27.4. The molecule has 3 heterocycles. The molecular weight excluding hydrogens is 350 g/mol. The van der Waals surface area contributed by atoms with Crippen LogP contribution in [0.3, 0.4) is 0 Å². The summed E-state index contributed by atoms with van der Waals surface area (Å²) in [4.78, 5) is 14.7. The van der Waals surface area contributed by atoms with Gasteiger partial charge in [0.1, 0.15) is 0 Å². The second-order valence-corrected chi connectivity index (χ2v) is 5.61. The number of aryl methyl sites for hydroxylation is 1. The lowest BCUT2D eigenvalue weighted by Crippen LogP contribution is -2.46. The van der Waals surface area contributed by atoms with E-state index in [1.54, 1.807) is 0 Å². The zero-order chi connectivity index (χ0) is 30.3.